The van der Waals surface area contributed by atoms with Crippen molar-refractivity contribution >= 4 is 22.5 Å². The van der Waals surface area contributed by atoms with Crippen LogP contribution < -0.4 is 10.9 Å². The van der Waals surface area contributed by atoms with E-state index in [2.05, 4.69) is 53.6 Å². The summed E-state index contributed by atoms with van der Waals surface area (Å²) in [5.74, 6) is -0.239. The largest absolute Gasteiger partial charge is 0.322 e. The van der Waals surface area contributed by atoms with E-state index in [1.165, 1.54) is 5.56 Å². The normalized spacial score (nSPS) is 11.2. The van der Waals surface area contributed by atoms with E-state index in [-0.39, 0.29) is 11.5 Å². The van der Waals surface area contributed by atoms with Crippen molar-refractivity contribution in [2.24, 2.45) is 0 Å². The molecule has 0 aliphatic carbocycles. The molecule has 4 aromatic rings. The predicted octanol–water partition coefficient (Wildman–Crippen LogP) is 4.79. The molecule has 0 aliphatic rings. The zero-order valence-corrected chi connectivity index (χ0v) is 19.2. The van der Waals surface area contributed by atoms with Crippen LogP contribution in [0.15, 0.2) is 77.9 Å². The van der Waals surface area contributed by atoms with Crippen molar-refractivity contribution in [3.05, 3.63) is 94.5 Å². The Morgan fingerprint density at radius 3 is 2.52 bits per heavy atom. The Morgan fingerprint density at radius 2 is 1.79 bits per heavy atom. The van der Waals surface area contributed by atoms with Crippen molar-refractivity contribution in [3.63, 3.8) is 0 Å². The fourth-order valence-electron chi connectivity index (χ4n) is 3.86. The third-order valence-corrected chi connectivity index (χ3v) is 5.45. The molecule has 0 unspecified atom stereocenters. The van der Waals surface area contributed by atoms with Gasteiger partial charge in [0.2, 0.25) is 0 Å². The SMILES string of the molecule is CCCn1cnc2cc(C(=O)Nc3ccc(-c4cccc(CN(C)C)c4)cc3)ccc2c1=O. The van der Waals surface area contributed by atoms with Crippen LogP contribution in [0.4, 0.5) is 5.69 Å². The van der Waals surface area contributed by atoms with E-state index in [4.69, 9.17) is 0 Å². The highest BCUT2D eigenvalue weighted by molar-refractivity contribution is 6.06. The zero-order chi connectivity index (χ0) is 23.4. The van der Waals surface area contributed by atoms with E-state index >= 15 is 0 Å². The van der Waals surface area contributed by atoms with Crippen LogP contribution in [0.3, 0.4) is 0 Å². The van der Waals surface area contributed by atoms with Crippen LogP contribution in [-0.2, 0) is 13.1 Å². The van der Waals surface area contributed by atoms with Gasteiger partial charge in [-0.2, -0.15) is 0 Å². The second-order valence-corrected chi connectivity index (χ2v) is 8.44. The number of carbonyl (C=O) groups is 1. The second kappa shape index (κ2) is 9.79. The van der Waals surface area contributed by atoms with Gasteiger partial charge in [0.25, 0.3) is 11.5 Å². The number of nitrogens with one attached hydrogen (secondary N) is 1. The lowest BCUT2D eigenvalue weighted by atomic mass is 10.0. The molecular weight excluding hydrogens is 412 g/mol. The van der Waals surface area contributed by atoms with Crippen LogP contribution >= 0.6 is 0 Å². The minimum Gasteiger partial charge on any atom is -0.322 e. The summed E-state index contributed by atoms with van der Waals surface area (Å²) in [5, 5.41) is 3.45. The molecule has 0 fully saturated rings. The molecule has 1 aromatic heterocycles. The van der Waals surface area contributed by atoms with Gasteiger partial charge >= 0.3 is 0 Å². The van der Waals surface area contributed by atoms with Gasteiger partial charge in [0.1, 0.15) is 0 Å². The fraction of sp³-hybridized carbons (Fsp3) is 0.222. The van der Waals surface area contributed by atoms with Gasteiger partial charge in [-0.25, -0.2) is 4.98 Å². The second-order valence-electron chi connectivity index (χ2n) is 8.44. The molecule has 0 atom stereocenters. The Balaban J connectivity index is 1.50. The Bertz CT molecular complexity index is 1340. The average Bonchev–Trinajstić information content (AvgIpc) is 2.81. The number of aromatic nitrogens is 2. The minimum absolute atomic E-state index is 0.0842. The molecule has 0 radical (unpaired) electrons. The fourth-order valence-corrected chi connectivity index (χ4v) is 3.86. The van der Waals surface area contributed by atoms with Gasteiger partial charge in [0, 0.05) is 24.3 Å². The topological polar surface area (TPSA) is 67.2 Å². The van der Waals surface area contributed by atoms with Gasteiger partial charge in [0.15, 0.2) is 0 Å². The van der Waals surface area contributed by atoms with E-state index in [1.807, 2.05) is 31.2 Å². The van der Waals surface area contributed by atoms with Crippen molar-refractivity contribution in [2.75, 3.05) is 19.4 Å². The van der Waals surface area contributed by atoms with Gasteiger partial charge in [0.05, 0.1) is 17.2 Å². The minimum atomic E-state index is -0.239. The molecule has 1 heterocycles. The highest BCUT2D eigenvalue weighted by Gasteiger charge is 2.10. The Labute approximate surface area is 193 Å². The van der Waals surface area contributed by atoms with E-state index in [0.29, 0.717) is 28.7 Å². The summed E-state index contributed by atoms with van der Waals surface area (Å²) in [5.41, 5.74) is 5.09. The standard InChI is InChI=1S/C27H28N4O2/c1-4-14-31-18-28-25-16-22(10-13-24(25)27(31)33)26(32)29-23-11-8-20(9-12-23)21-7-5-6-19(15-21)17-30(2)3/h5-13,15-16,18H,4,14,17H2,1-3H3,(H,29,32). The number of rotatable bonds is 7. The molecule has 33 heavy (non-hydrogen) atoms. The lowest BCUT2D eigenvalue weighted by molar-refractivity contribution is 0.102. The summed E-state index contributed by atoms with van der Waals surface area (Å²) >= 11 is 0. The maximum absolute atomic E-state index is 12.8. The molecule has 0 saturated carbocycles. The highest BCUT2D eigenvalue weighted by Crippen LogP contribution is 2.23. The zero-order valence-electron chi connectivity index (χ0n) is 19.2. The number of nitrogens with zero attached hydrogens (tertiary/aromatic N) is 3. The molecule has 0 spiro atoms. The first-order valence-electron chi connectivity index (χ1n) is 11.1. The Morgan fingerprint density at radius 1 is 1.00 bits per heavy atom. The van der Waals surface area contributed by atoms with Crippen molar-refractivity contribution in [3.8, 4) is 11.1 Å². The summed E-state index contributed by atoms with van der Waals surface area (Å²) < 4.78 is 1.60. The van der Waals surface area contributed by atoms with Gasteiger partial charge < -0.3 is 10.2 Å². The lowest BCUT2D eigenvalue weighted by Crippen LogP contribution is -2.20. The van der Waals surface area contributed by atoms with E-state index in [0.717, 1.165) is 24.1 Å². The summed E-state index contributed by atoms with van der Waals surface area (Å²) in [7, 11) is 4.11. The third-order valence-electron chi connectivity index (χ3n) is 5.45. The van der Waals surface area contributed by atoms with Gasteiger partial charge in [-0.3, -0.25) is 14.2 Å². The summed E-state index contributed by atoms with van der Waals surface area (Å²) in [6.07, 6.45) is 2.40. The van der Waals surface area contributed by atoms with Crippen molar-refractivity contribution in [1.82, 2.24) is 14.5 Å². The van der Waals surface area contributed by atoms with Crippen molar-refractivity contribution in [2.45, 2.75) is 26.4 Å². The van der Waals surface area contributed by atoms with Crippen LogP contribution in [0.1, 0.15) is 29.3 Å². The quantitative estimate of drug-likeness (QED) is 0.449. The van der Waals surface area contributed by atoms with Crippen LogP contribution in [-0.4, -0.2) is 34.5 Å². The van der Waals surface area contributed by atoms with Crippen LogP contribution in [0.25, 0.3) is 22.0 Å². The number of hydrogen-bond acceptors (Lipinski definition) is 4. The van der Waals surface area contributed by atoms with E-state index in [9.17, 15) is 9.59 Å². The molecule has 168 valence electrons. The molecule has 4 rings (SSSR count). The molecule has 0 saturated heterocycles. The molecular formula is C27H28N4O2. The maximum atomic E-state index is 12.8. The van der Waals surface area contributed by atoms with E-state index < -0.39 is 0 Å². The van der Waals surface area contributed by atoms with E-state index in [1.54, 1.807) is 29.1 Å². The predicted molar refractivity (Wildman–Crippen MR) is 134 cm³/mol. The molecule has 6 heteroatoms. The molecule has 1 amide bonds. The summed E-state index contributed by atoms with van der Waals surface area (Å²) in [6.45, 7) is 3.52. The molecule has 3 aromatic carbocycles. The van der Waals surface area contributed by atoms with Gasteiger partial charge in [-0.05, 0) is 73.6 Å². The summed E-state index contributed by atoms with van der Waals surface area (Å²) in [4.78, 5) is 31.8. The Kier molecular flexibility index (Phi) is 6.66. The van der Waals surface area contributed by atoms with Crippen LogP contribution in [0.5, 0.6) is 0 Å². The summed E-state index contributed by atoms with van der Waals surface area (Å²) in [6, 6.07) is 21.3. The maximum Gasteiger partial charge on any atom is 0.261 e. The number of amides is 1. The smallest absolute Gasteiger partial charge is 0.261 e. The molecule has 0 aliphatic heterocycles. The first-order chi connectivity index (χ1) is 15.9. The Hall–Kier alpha value is -3.77. The molecule has 6 nitrogen and oxygen atoms in total. The van der Waals surface area contributed by atoms with Crippen LogP contribution in [0, 0.1) is 0 Å². The van der Waals surface area contributed by atoms with Gasteiger partial charge in [-0.15, -0.1) is 0 Å². The highest BCUT2D eigenvalue weighted by atomic mass is 16.1. The molecule has 1 N–H and O–H groups in total. The average molecular weight is 441 g/mol. The third kappa shape index (κ3) is 5.18. The monoisotopic (exact) mass is 440 g/mol. The van der Waals surface area contributed by atoms with Gasteiger partial charge in [-0.1, -0.05) is 37.3 Å². The number of benzene rings is 3. The number of anilines is 1. The first-order valence-corrected chi connectivity index (χ1v) is 11.1. The first kappa shape index (κ1) is 22.4. The number of carbonyl (C=O) groups excluding carboxylic acids is 1. The van der Waals surface area contributed by atoms with Crippen molar-refractivity contribution < 1.29 is 4.79 Å². The number of fused-ring (bicyclic) bond motifs is 1. The number of hydrogen-bond donors (Lipinski definition) is 1. The molecule has 0 bridgehead atoms. The number of aryl methyl sites for hydroxylation is 1. The van der Waals surface area contributed by atoms with Crippen molar-refractivity contribution in [1.29, 1.82) is 0 Å². The lowest BCUT2D eigenvalue weighted by Gasteiger charge is -2.11. The van der Waals surface area contributed by atoms with Crippen LogP contribution in [0.2, 0.25) is 0 Å².